The molecule has 0 aliphatic carbocycles. The summed E-state index contributed by atoms with van der Waals surface area (Å²) in [7, 11) is 0. The van der Waals surface area contributed by atoms with E-state index in [1.807, 2.05) is 42.2 Å². The minimum atomic E-state index is -0.217. The van der Waals surface area contributed by atoms with Crippen LogP contribution in [0.4, 0.5) is 0 Å². The fraction of sp³-hybridized carbons (Fsp3) is 0.500. The van der Waals surface area contributed by atoms with E-state index in [-0.39, 0.29) is 18.2 Å². The van der Waals surface area contributed by atoms with Crippen LogP contribution in [-0.4, -0.2) is 36.3 Å². The standard InChI is InChI=1S/C18H23N3O2/c1-14-2-4-15(5-3-14)12-18(23)21-10-7-16(8-11-21)13-20-17(22)6-9-19/h2-5,16H,6-8,10-13H2,1H3,(H,20,22). The minimum Gasteiger partial charge on any atom is -0.355 e. The summed E-state index contributed by atoms with van der Waals surface area (Å²) in [5.41, 5.74) is 2.24. The maximum Gasteiger partial charge on any atom is 0.234 e. The number of piperidine rings is 1. The van der Waals surface area contributed by atoms with Gasteiger partial charge < -0.3 is 10.2 Å². The molecule has 0 aromatic heterocycles. The minimum absolute atomic E-state index is 0.0894. The van der Waals surface area contributed by atoms with Crippen LogP contribution >= 0.6 is 0 Å². The topological polar surface area (TPSA) is 73.2 Å². The predicted molar refractivity (Wildman–Crippen MR) is 87.4 cm³/mol. The zero-order chi connectivity index (χ0) is 16.7. The van der Waals surface area contributed by atoms with Gasteiger partial charge in [0.2, 0.25) is 11.8 Å². The molecule has 5 heteroatoms. The Kier molecular flexibility index (Phi) is 6.16. The number of carbonyl (C=O) groups is 2. The lowest BCUT2D eigenvalue weighted by Crippen LogP contribution is -2.42. The highest BCUT2D eigenvalue weighted by atomic mass is 16.2. The molecule has 0 unspecified atom stereocenters. The van der Waals surface area contributed by atoms with Gasteiger partial charge in [-0.15, -0.1) is 0 Å². The lowest BCUT2D eigenvalue weighted by Gasteiger charge is -2.32. The van der Waals surface area contributed by atoms with Gasteiger partial charge in [0.1, 0.15) is 6.42 Å². The normalized spacial score (nSPS) is 15.0. The molecule has 1 N–H and O–H groups in total. The summed E-state index contributed by atoms with van der Waals surface area (Å²) >= 11 is 0. The summed E-state index contributed by atoms with van der Waals surface area (Å²) in [6.07, 6.45) is 2.15. The summed E-state index contributed by atoms with van der Waals surface area (Å²) < 4.78 is 0. The molecule has 1 aromatic rings. The van der Waals surface area contributed by atoms with Gasteiger partial charge in [-0.3, -0.25) is 9.59 Å². The second-order valence-corrected chi connectivity index (χ2v) is 6.13. The SMILES string of the molecule is Cc1ccc(CC(=O)N2CCC(CNC(=O)CC#N)CC2)cc1. The highest BCUT2D eigenvalue weighted by Crippen LogP contribution is 2.17. The first kappa shape index (κ1) is 17.0. The van der Waals surface area contributed by atoms with E-state index >= 15 is 0 Å². The Morgan fingerprint density at radius 1 is 1.26 bits per heavy atom. The summed E-state index contributed by atoms with van der Waals surface area (Å²) in [5.74, 6) is 0.340. The van der Waals surface area contributed by atoms with Gasteiger partial charge in [0.05, 0.1) is 12.5 Å². The summed E-state index contributed by atoms with van der Waals surface area (Å²) in [6, 6.07) is 9.90. The van der Waals surface area contributed by atoms with E-state index in [0.29, 0.717) is 18.9 Å². The molecular formula is C18H23N3O2. The number of likely N-dealkylation sites (tertiary alicyclic amines) is 1. The fourth-order valence-corrected chi connectivity index (χ4v) is 2.77. The van der Waals surface area contributed by atoms with Crippen molar-refractivity contribution in [3.8, 4) is 6.07 Å². The van der Waals surface area contributed by atoms with E-state index in [1.165, 1.54) is 5.56 Å². The second kappa shape index (κ2) is 8.33. The number of rotatable bonds is 5. The molecule has 2 amide bonds. The smallest absolute Gasteiger partial charge is 0.234 e. The molecule has 122 valence electrons. The van der Waals surface area contributed by atoms with Crippen LogP contribution in [0.25, 0.3) is 0 Å². The van der Waals surface area contributed by atoms with Gasteiger partial charge in [0.15, 0.2) is 0 Å². The molecule has 1 aliphatic rings. The van der Waals surface area contributed by atoms with Crippen LogP contribution in [0.15, 0.2) is 24.3 Å². The van der Waals surface area contributed by atoms with E-state index in [4.69, 9.17) is 5.26 Å². The molecule has 0 spiro atoms. The Morgan fingerprint density at radius 3 is 2.52 bits per heavy atom. The Morgan fingerprint density at radius 2 is 1.91 bits per heavy atom. The number of hydrogen-bond donors (Lipinski definition) is 1. The molecule has 0 bridgehead atoms. The molecule has 2 rings (SSSR count). The summed E-state index contributed by atoms with van der Waals surface area (Å²) in [5, 5.41) is 11.2. The van der Waals surface area contributed by atoms with Gasteiger partial charge >= 0.3 is 0 Å². The lowest BCUT2D eigenvalue weighted by atomic mass is 9.96. The second-order valence-electron chi connectivity index (χ2n) is 6.13. The van der Waals surface area contributed by atoms with Crippen LogP contribution in [0, 0.1) is 24.2 Å². The highest BCUT2D eigenvalue weighted by Gasteiger charge is 2.23. The van der Waals surface area contributed by atoms with Gasteiger partial charge in [-0.2, -0.15) is 5.26 Å². The monoisotopic (exact) mass is 313 g/mol. The zero-order valence-corrected chi connectivity index (χ0v) is 13.5. The number of carbonyl (C=O) groups excluding carboxylic acids is 2. The first-order valence-corrected chi connectivity index (χ1v) is 8.05. The van der Waals surface area contributed by atoms with Crippen molar-refractivity contribution in [2.75, 3.05) is 19.6 Å². The van der Waals surface area contributed by atoms with Crippen LogP contribution in [0.2, 0.25) is 0 Å². The van der Waals surface area contributed by atoms with Crippen molar-refractivity contribution in [1.29, 1.82) is 5.26 Å². The van der Waals surface area contributed by atoms with Crippen LogP contribution in [-0.2, 0) is 16.0 Å². The van der Waals surface area contributed by atoms with Crippen molar-refractivity contribution in [3.05, 3.63) is 35.4 Å². The number of benzene rings is 1. The van der Waals surface area contributed by atoms with Crippen molar-refractivity contribution in [2.24, 2.45) is 5.92 Å². The van der Waals surface area contributed by atoms with Gasteiger partial charge in [-0.05, 0) is 31.2 Å². The molecule has 1 heterocycles. The van der Waals surface area contributed by atoms with E-state index in [9.17, 15) is 9.59 Å². The number of aryl methyl sites for hydroxylation is 1. The molecule has 23 heavy (non-hydrogen) atoms. The van der Waals surface area contributed by atoms with E-state index in [0.717, 1.165) is 31.5 Å². The van der Waals surface area contributed by atoms with Crippen LogP contribution in [0.3, 0.4) is 0 Å². The van der Waals surface area contributed by atoms with Crippen molar-refractivity contribution in [1.82, 2.24) is 10.2 Å². The Labute approximate surface area is 137 Å². The van der Waals surface area contributed by atoms with E-state index in [1.54, 1.807) is 0 Å². The molecule has 1 fully saturated rings. The lowest BCUT2D eigenvalue weighted by molar-refractivity contribution is -0.132. The quantitative estimate of drug-likeness (QED) is 0.901. The van der Waals surface area contributed by atoms with Crippen molar-refractivity contribution in [3.63, 3.8) is 0 Å². The Hall–Kier alpha value is -2.35. The number of hydrogen-bond acceptors (Lipinski definition) is 3. The third kappa shape index (κ3) is 5.41. The van der Waals surface area contributed by atoms with E-state index < -0.39 is 0 Å². The van der Waals surface area contributed by atoms with Crippen molar-refractivity contribution >= 4 is 11.8 Å². The summed E-state index contributed by atoms with van der Waals surface area (Å²) in [4.78, 5) is 25.5. The van der Waals surface area contributed by atoms with Crippen molar-refractivity contribution < 1.29 is 9.59 Å². The Bertz CT molecular complexity index is 581. The molecule has 0 saturated carbocycles. The van der Waals surface area contributed by atoms with Gasteiger partial charge in [-0.1, -0.05) is 29.8 Å². The largest absolute Gasteiger partial charge is 0.355 e. The summed E-state index contributed by atoms with van der Waals surface area (Å²) in [6.45, 7) is 4.11. The number of nitrogens with zero attached hydrogens (tertiary/aromatic N) is 2. The van der Waals surface area contributed by atoms with Crippen molar-refractivity contribution in [2.45, 2.75) is 32.6 Å². The van der Waals surface area contributed by atoms with Crippen LogP contribution in [0.5, 0.6) is 0 Å². The maximum absolute atomic E-state index is 12.3. The number of amides is 2. The van der Waals surface area contributed by atoms with Gasteiger partial charge in [0.25, 0.3) is 0 Å². The first-order valence-electron chi connectivity index (χ1n) is 8.05. The van der Waals surface area contributed by atoms with Crippen LogP contribution < -0.4 is 5.32 Å². The number of nitrogens with one attached hydrogen (secondary N) is 1. The third-order valence-electron chi connectivity index (χ3n) is 4.27. The highest BCUT2D eigenvalue weighted by molar-refractivity contribution is 5.79. The first-order chi connectivity index (χ1) is 11.1. The molecule has 0 radical (unpaired) electrons. The molecule has 1 aliphatic heterocycles. The maximum atomic E-state index is 12.3. The molecule has 0 atom stereocenters. The van der Waals surface area contributed by atoms with Crippen LogP contribution in [0.1, 0.15) is 30.4 Å². The average molecular weight is 313 g/mol. The predicted octanol–water partition coefficient (Wildman–Crippen LogP) is 1.81. The molecule has 1 saturated heterocycles. The molecule has 1 aromatic carbocycles. The van der Waals surface area contributed by atoms with Gasteiger partial charge in [-0.25, -0.2) is 0 Å². The number of nitriles is 1. The van der Waals surface area contributed by atoms with E-state index in [2.05, 4.69) is 5.32 Å². The molecular weight excluding hydrogens is 290 g/mol. The van der Waals surface area contributed by atoms with Gasteiger partial charge in [0, 0.05) is 19.6 Å². The zero-order valence-electron chi connectivity index (χ0n) is 13.5. The average Bonchev–Trinajstić information content (AvgIpc) is 2.56. The Balaban J connectivity index is 1.73. The third-order valence-corrected chi connectivity index (χ3v) is 4.27. The molecule has 5 nitrogen and oxygen atoms in total. The fourth-order valence-electron chi connectivity index (χ4n) is 2.77.